The third kappa shape index (κ3) is 4.24. The lowest BCUT2D eigenvalue weighted by Gasteiger charge is -2.21. The lowest BCUT2D eigenvalue weighted by atomic mass is 10.3. The zero-order valence-corrected chi connectivity index (χ0v) is 12.5. The molecule has 0 bridgehead atoms. The summed E-state index contributed by atoms with van der Waals surface area (Å²) >= 11 is 1.58. The van der Waals surface area contributed by atoms with Crippen molar-refractivity contribution in [3.05, 3.63) is 6.07 Å². The summed E-state index contributed by atoms with van der Waals surface area (Å²) in [5, 5.41) is 4.16. The molecular weight excluding hydrogens is 260 g/mol. The van der Waals surface area contributed by atoms with Gasteiger partial charge in [-0.2, -0.15) is 0 Å². The standard InChI is InChI=1S/C13H22N4OS/c1-3-5-14-11-10-12(16-13(15-11)19-2)17-6-4-8-18-9-7-17/h10H,3-9H2,1-2H3,(H,14,15,16). The number of hydrogen-bond donors (Lipinski definition) is 1. The normalized spacial score (nSPS) is 16.2. The number of thioether (sulfide) groups is 1. The SMILES string of the molecule is CCCNc1cc(N2CCCOCC2)nc(SC)n1. The maximum Gasteiger partial charge on any atom is 0.191 e. The van der Waals surface area contributed by atoms with Crippen LogP contribution in [0.4, 0.5) is 11.6 Å². The highest BCUT2D eigenvalue weighted by Gasteiger charge is 2.13. The zero-order valence-electron chi connectivity index (χ0n) is 11.7. The van der Waals surface area contributed by atoms with Crippen LogP contribution in [0.1, 0.15) is 19.8 Å². The summed E-state index contributed by atoms with van der Waals surface area (Å²) in [6.07, 6.45) is 4.15. The van der Waals surface area contributed by atoms with Crippen molar-refractivity contribution in [2.24, 2.45) is 0 Å². The maximum atomic E-state index is 5.49. The van der Waals surface area contributed by atoms with E-state index in [4.69, 9.17) is 4.74 Å². The lowest BCUT2D eigenvalue weighted by molar-refractivity contribution is 0.152. The van der Waals surface area contributed by atoms with Crippen LogP contribution in [0.2, 0.25) is 0 Å². The Balaban J connectivity index is 2.17. The molecule has 0 unspecified atom stereocenters. The topological polar surface area (TPSA) is 50.3 Å². The van der Waals surface area contributed by atoms with Crippen LogP contribution in [0.15, 0.2) is 11.2 Å². The van der Waals surface area contributed by atoms with Crippen molar-refractivity contribution < 1.29 is 4.74 Å². The van der Waals surface area contributed by atoms with Gasteiger partial charge in [-0.25, -0.2) is 9.97 Å². The number of anilines is 2. The van der Waals surface area contributed by atoms with Gasteiger partial charge in [0.05, 0.1) is 6.61 Å². The molecule has 1 aromatic heterocycles. The summed E-state index contributed by atoms with van der Waals surface area (Å²) < 4.78 is 5.49. The molecule has 0 atom stereocenters. The van der Waals surface area contributed by atoms with Crippen molar-refractivity contribution >= 4 is 23.4 Å². The Morgan fingerprint density at radius 1 is 1.37 bits per heavy atom. The Morgan fingerprint density at radius 2 is 2.26 bits per heavy atom. The fourth-order valence-corrected chi connectivity index (χ4v) is 2.36. The molecule has 19 heavy (non-hydrogen) atoms. The van der Waals surface area contributed by atoms with E-state index in [1.807, 2.05) is 12.3 Å². The van der Waals surface area contributed by atoms with Gasteiger partial charge in [0.25, 0.3) is 0 Å². The molecule has 6 heteroatoms. The van der Waals surface area contributed by atoms with E-state index >= 15 is 0 Å². The first-order valence-electron chi connectivity index (χ1n) is 6.83. The molecule has 1 aliphatic rings. The summed E-state index contributed by atoms with van der Waals surface area (Å²) in [4.78, 5) is 11.4. The first-order chi connectivity index (χ1) is 9.33. The average Bonchev–Trinajstić information content (AvgIpc) is 2.73. The van der Waals surface area contributed by atoms with Crippen molar-refractivity contribution in [1.82, 2.24) is 9.97 Å². The Bertz CT molecular complexity index is 394. The minimum absolute atomic E-state index is 0.774. The second-order valence-electron chi connectivity index (χ2n) is 4.48. The third-order valence-electron chi connectivity index (χ3n) is 2.98. The van der Waals surface area contributed by atoms with Crippen LogP contribution in [-0.4, -0.2) is 49.1 Å². The van der Waals surface area contributed by atoms with Crippen LogP contribution in [0, 0.1) is 0 Å². The monoisotopic (exact) mass is 282 g/mol. The molecule has 0 aliphatic carbocycles. The van der Waals surface area contributed by atoms with Crippen LogP contribution in [0.3, 0.4) is 0 Å². The van der Waals surface area contributed by atoms with Crippen LogP contribution in [0.5, 0.6) is 0 Å². The highest BCUT2D eigenvalue weighted by molar-refractivity contribution is 7.98. The highest BCUT2D eigenvalue weighted by atomic mass is 32.2. The summed E-state index contributed by atoms with van der Waals surface area (Å²) in [7, 11) is 0. The van der Waals surface area contributed by atoms with E-state index in [0.29, 0.717) is 0 Å². The quantitative estimate of drug-likeness (QED) is 0.660. The molecular formula is C13H22N4OS. The molecule has 2 rings (SSSR count). The van der Waals surface area contributed by atoms with Crippen LogP contribution in [0.25, 0.3) is 0 Å². The Kier molecular flexibility index (Phi) is 5.72. The Labute approximate surface area is 119 Å². The van der Waals surface area contributed by atoms with Crippen molar-refractivity contribution in [2.45, 2.75) is 24.9 Å². The number of nitrogens with one attached hydrogen (secondary N) is 1. The van der Waals surface area contributed by atoms with E-state index in [1.165, 1.54) is 0 Å². The van der Waals surface area contributed by atoms with Crippen LogP contribution >= 0.6 is 11.8 Å². The van der Waals surface area contributed by atoms with E-state index in [0.717, 1.165) is 62.5 Å². The smallest absolute Gasteiger partial charge is 0.191 e. The van der Waals surface area contributed by atoms with E-state index in [1.54, 1.807) is 11.8 Å². The molecule has 5 nitrogen and oxygen atoms in total. The van der Waals surface area contributed by atoms with Gasteiger partial charge < -0.3 is 15.0 Å². The van der Waals surface area contributed by atoms with Crippen molar-refractivity contribution in [1.29, 1.82) is 0 Å². The summed E-state index contributed by atoms with van der Waals surface area (Å²) in [5.74, 6) is 1.92. The minimum Gasteiger partial charge on any atom is -0.380 e. The van der Waals surface area contributed by atoms with E-state index < -0.39 is 0 Å². The molecule has 2 heterocycles. The molecule has 1 N–H and O–H groups in total. The van der Waals surface area contributed by atoms with Gasteiger partial charge in [0.15, 0.2) is 5.16 Å². The number of aromatic nitrogens is 2. The average molecular weight is 282 g/mol. The number of nitrogens with zero attached hydrogens (tertiary/aromatic N) is 3. The fraction of sp³-hybridized carbons (Fsp3) is 0.692. The van der Waals surface area contributed by atoms with Gasteiger partial charge >= 0.3 is 0 Å². The summed E-state index contributed by atoms with van der Waals surface area (Å²) in [6.45, 7) is 6.61. The largest absolute Gasteiger partial charge is 0.380 e. The molecule has 1 fully saturated rings. The predicted molar refractivity (Wildman–Crippen MR) is 80.2 cm³/mol. The zero-order chi connectivity index (χ0) is 13.5. The molecule has 1 saturated heterocycles. The number of rotatable bonds is 5. The molecule has 0 radical (unpaired) electrons. The van der Waals surface area contributed by atoms with Crippen molar-refractivity contribution in [3.63, 3.8) is 0 Å². The number of ether oxygens (including phenoxy) is 1. The van der Waals surface area contributed by atoms with Crippen LogP contribution in [-0.2, 0) is 4.74 Å². The lowest BCUT2D eigenvalue weighted by Crippen LogP contribution is -2.27. The first kappa shape index (κ1) is 14.4. The molecule has 0 amide bonds. The third-order valence-corrected chi connectivity index (χ3v) is 3.52. The van der Waals surface area contributed by atoms with Crippen molar-refractivity contribution in [3.8, 4) is 0 Å². The van der Waals surface area contributed by atoms with E-state index in [2.05, 4.69) is 27.1 Å². The maximum absolute atomic E-state index is 5.49. The predicted octanol–water partition coefficient (Wildman–Crippen LogP) is 2.25. The Hall–Kier alpha value is -1.01. The van der Waals surface area contributed by atoms with Gasteiger partial charge in [0, 0.05) is 32.3 Å². The van der Waals surface area contributed by atoms with Crippen LogP contribution < -0.4 is 10.2 Å². The summed E-state index contributed by atoms with van der Waals surface area (Å²) in [6, 6.07) is 2.04. The van der Waals surface area contributed by atoms with Gasteiger partial charge in [-0.15, -0.1) is 0 Å². The Morgan fingerprint density at radius 3 is 3.05 bits per heavy atom. The second kappa shape index (κ2) is 7.55. The fourth-order valence-electron chi connectivity index (χ4n) is 1.98. The number of hydrogen-bond acceptors (Lipinski definition) is 6. The van der Waals surface area contributed by atoms with Crippen molar-refractivity contribution in [2.75, 3.05) is 49.3 Å². The highest BCUT2D eigenvalue weighted by Crippen LogP contribution is 2.21. The van der Waals surface area contributed by atoms with Gasteiger partial charge in [-0.05, 0) is 19.1 Å². The molecule has 0 saturated carbocycles. The first-order valence-corrected chi connectivity index (χ1v) is 8.05. The van der Waals surface area contributed by atoms with Gasteiger partial charge in [-0.3, -0.25) is 0 Å². The molecule has 0 spiro atoms. The molecule has 1 aromatic rings. The van der Waals surface area contributed by atoms with Gasteiger partial charge in [0.2, 0.25) is 0 Å². The van der Waals surface area contributed by atoms with Gasteiger partial charge in [-0.1, -0.05) is 18.7 Å². The van der Waals surface area contributed by atoms with E-state index in [9.17, 15) is 0 Å². The minimum atomic E-state index is 0.774. The molecule has 0 aromatic carbocycles. The summed E-state index contributed by atoms with van der Waals surface area (Å²) in [5.41, 5.74) is 0. The molecule has 106 valence electrons. The van der Waals surface area contributed by atoms with E-state index in [-0.39, 0.29) is 0 Å². The second-order valence-corrected chi connectivity index (χ2v) is 5.25. The van der Waals surface area contributed by atoms with Gasteiger partial charge in [0.1, 0.15) is 11.6 Å². The molecule has 1 aliphatic heterocycles.